The zero-order valence-electron chi connectivity index (χ0n) is 34.0. The molecule has 0 saturated carbocycles. The van der Waals surface area contributed by atoms with Gasteiger partial charge in [0.15, 0.2) is 0 Å². The third-order valence-electron chi connectivity index (χ3n) is 13.1. The molecule has 0 aliphatic heterocycles. The van der Waals surface area contributed by atoms with Crippen molar-refractivity contribution in [3.63, 3.8) is 0 Å². The van der Waals surface area contributed by atoms with E-state index in [9.17, 15) is 0 Å². The lowest BCUT2D eigenvalue weighted by Crippen LogP contribution is -2.33. The predicted octanol–water partition coefficient (Wildman–Crippen LogP) is 15.8. The van der Waals surface area contributed by atoms with Gasteiger partial charge in [-0.1, -0.05) is 137 Å². The van der Waals surface area contributed by atoms with Crippen LogP contribution in [-0.4, -0.2) is 4.57 Å². The number of rotatable bonds is 6. The van der Waals surface area contributed by atoms with Crippen molar-refractivity contribution in [1.82, 2.24) is 4.57 Å². The third kappa shape index (κ3) is 5.79. The van der Waals surface area contributed by atoms with Crippen LogP contribution in [0.4, 0.5) is 17.1 Å². The molecule has 0 spiro atoms. The molecular formula is C56H46N2O. The number of benzene rings is 8. The smallest absolute Gasteiger partial charge is 0.135 e. The number of fused-ring (bicyclic) bond motifs is 7. The minimum Gasteiger partial charge on any atom is -0.456 e. The van der Waals surface area contributed by atoms with Gasteiger partial charge in [0.05, 0.1) is 11.0 Å². The lowest BCUT2D eigenvalue weighted by molar-refractivity contribution is 0.332. The molecule has 0 unspecified atom stereocenters. The van der Waals surface area contributed by atoms with E-state index in [-0.39, 0.29) is 10.8 Å². The molecule has 0 saturated heterocycles. The molecule has 2 aromatic heterocycles. The van der Waals surface area contributed by atoms with Crippen LogP contribution in [-0.2, 0) is 10.8 Å². The predicted molar refractivity (Wildman–Crippen MR) is 249 cm³/mol. The van der Waals surface area contributed by atoms with Gasteiger partial charge >= 0.3 is 0 Å². The maximum absolute atomic E-state index is 6.67. The normalized spacial score (nSPS) is 14.6. The number of furan rings is 1. The molecular weight excluding hydrogens is 717 g/mol. The van der Waals surface area contributed by atoms with E-state index >= 15 is 0 Å². The SMILES string of the molecule is CC1(C)CCC(C)(C)c2cc3c(cc21)oc1ccc(N(c2ccc(-c4ccccc4-c4ccccc4)cc2)c2cccc(-n4c5ccccc5c5ccccc54)c2)cc13. The van der Waals surface area contributed by atoms with E-state index in [1.165, 1.54) is 73.4 Å². The van der Waals surface area contributed by atoms with Crippen molar-refractivity contribution in [3.8, 4) is 27.9 Å². The summed E-state index contributed by atoms with van der Waals surface area (Å²) in [7, 11) is 0. The van der Waals surface area contributed by atoms with E-state index in [1.54, 1.807) is 0 Å². The quantitative estimate of drug-likeness (QED) is 0.168. The van der Waals surface area contributed by atoms with Crippen LogP contribution in [0.2, 0.25) is 0 Å². The fourth-order valence-corrected chi connectivity index (χ4v) is 9.78. The third-order valence-corrected chi connectivity index (χ3v) is 13.1. The van der Waals surface area contributed by atoms with Gasteiger partial charge in [-0.3, -0.25) is 0 Å². The number of hydrogen-bond donors (Lipinski definition) is 0. The lowest BCUT2D eigenvalue weighted by atomic mass is 9.63. The Labute approximate surface area is 345 Å². The molecule has 8 aromatic carbocycles. The van der Waals surface area contributed by atoms with Gasteiger partial charge in [0, 0.05) is 44.3 Å². The van der Waals surface area contributed by atoms with Crippen molar-refractivity contribution in [3.05, 3.63) is 193 Å². The standard InChI is InChI=1S/C56H46N2O/c1-55(2)31-32-56(3,4)50-36-54-48(35-49(50)55)47-34-42(29-30-53(47)59-54)57(39-27-25-38(26-28-39)44-20-9-8-19-43(44)37-15-6-5-7-16-37)40-17-14-18-41(33-40)58-51-23-12-10-21-45(51)46-22-11-13-24-52(46)58/h5-30,33-36H,31-32H2,1-4H3. The van der Waals surface area contributed by atoms with Gasteiger partial charge in [-0.2, -0.15) is 0 Å². The van der Waals surface area contributed by atoms with Crippen molar-refractivity contribution >= 4 is 60.8 Å². The van der Waals surface area contributed by atoms with Crippen molar-refractivity contribution in [2.75, 3.05) is 4.90 Å². The molecule has 0 radical (unpaired) electrons. The monoisotopic (exact) mass is 762 g/mol. The summed E-state index contributed by atoms with van der Waals surface area (Å²) in [6.45, 7) is 9.55. The van der Waals surface area contributed by atoms with Crippen LogP contribution in [0, 0.1) is 0 Å². The first kappa shape index (κ1) is 35.3. The summed E-state index contributed by atoms with van der Waals surface area (Å²) < 4.78 is 9.06. The molecule has 0 amide bonds. The second-order valence-corrected chi connectivity index (χ2v) is 17.6. The van der Waals surface area contributed by atoms with Gasteiger partial charge in [0.2, 0.25) is 0 Å². The van der Waals surface area contributed by atoms with E-state index in [4.69, 9.17) is 4.42 Å². The first-order valence-electron chi connectivity index (χ1n) is 20.9. The van der Waals surface area contributed by atoms with Gasteiger partial charge in [0.25, 0.3) is 0 Å². The van der Waals surface area contributed by atoms with Gasteiger partial charge in [0.1, 0.15) is 11.2 Å². The summed E-state index contributed by atoms with van der Waals surface area (Å²) in [6.07, 6.45) is 2.34. The van der Waals surface area contributed by atoms with Gasteiger partial charge in [-0.05, 0) is 130 Å². The summed E-state index contributed by atoms with van der Waals surface area (Å²) in [4.78, 5) is 2.40. The summed E-state index contributed by atoms with van der Waals surface area (Å²) in [5, 5.41) is 4.82. The minimum absolute atomic E-state index is 0.0976. The van der Waals surface area contributed by atoms with Crippen molar-refractivity contribution in [1.29, 1.82) is 0 Å². The zero-order valence-corrected chi connectivity index (χ0v) is 34.0. The van der Waals surface area contributed by atoms with Gasteiger partial charge in [-0.25, -0.2) is 0 Å². The Morgan fingerprint density at radius 2 is 0.966 bits per heavy atom. The maximum atomic E-state index is 6.67. The van der Waals surface area contributed by atoms with Crippen LogP contribution in [0.5, 0.6) is 0 Å². The van der Waals surface area contributed by atoms with Crippen LogP contribution >= 0.6 is 0 Å². The molecule has 59 heavy (non-hydrogen) atoms. The first-order chi connectivity index (χ1) is 28.7. The highest BCUT2D eigenvalue weighted by Gasteiger charge is 2.38. The van der Waals surface area contributed by atoms with Crippen molar-refractivity contribution in [2.45, 2.75) is 51.4 Å². The number of nitrogens with zero attached hydrogens (tertiary/aromatic N) is 2. The van der Waals surface area contributed by atoms with Crippen LogP contribution in [0.25, 0.3) is 71.7 Å². The first-order valence-corrected chi connectivity index (χ1v) is 20.9. The molecule has 3 heteroatoms. The molecule has 0 atom stereocenters. The van der Waals surface area contributed by atoms with E-state index in [1.807, 2.05) is 0 Å². The highest BCUT2D eigenvalue weighted by Crippen LogP contribution is 2.49. The number of hydrogen-bond acceptors (Lipinski definition) is 2. The Balaban J connectivity index is 1.10. The fraction of sp³-hybridized carbons (Fsp3) is 0.143. The zero-order chi connectivity index (χ0) is 39.9. The Morgan fingerprint density at radius 3 is 1.64 bits per heavy atom. The van der Waals surface area contributed by atoms with Crippen LogP contribution in [0.3, 0.4) is 0 Å². The highest BCUT2D eigenvalue weighted by atomic mass is 16.3. The fourth-order valence-electron chi connectivity index (χ4n) is 9.78. The Morgan fingerprint density at radius 1 is 0.424 bits per heavy atom. The average molecular weight is 763 g/mol. The van der Waals surface area contributed by atoms with Crippen LogP contribution in [0.15, 0.2) is 186 Å². The number of para-hydroxylation sites is 2. The summed E-state index contributed by atoms with van der Waals surface area (Å²) in [5.41, 5.74) is 16.5. The second kappa shape index (κ2) is 13.4. The highest BCUT2D eigenvalue weighted by molar-refractivity contribution is 6.10. The molecule has 3 nitrogen and oxygen atoms in total. The summed E-state index contributed by atoms with van der Waals surface area (Å²) in [6, 6.07) is 66.3. The Kier molecular flexibility index (Phi) is 8.00. The Bertz CT molecular complexity index is 3160. The lowest BCUT2D eigenvalue weighted by Gasteiger charge is -2.41. The topological polar surface area (TPSA) is 21.3 Å². The molecule has 2 heterocycles. The van der Waals surface area contributed by atoms with Crippen molar-refractivity contribution in [2.24, 2.45) is 0 Å². The average Bonchev–Trinajstić information content (AvgIpc) is 3.81. The molecule has 286 valence electrons. The number of aromatic nitrogens is 1. The largest absolute Gasteiger partial charge is 0.456 e. The molecule has 10 aromatic rings. The van der Waals surface area contributed by atoms with Gasteiger partial charge < -0.3 is 13.9 Å². The summed E-state index contributed by atoms with van der Waals surface area (Å²) in [5.74, 6) is 0. The minimum atomic E-state index is 0.0976. The maximum Gasteiger partial charge on any atom is 0.135 e. The van der Waals surface area contributed by atoms with E-state index in [0.717, 1.165) is 39.3 Å². The van der Waals surface area contributed by atoms with Crippen LogP contribution in [0.1, 0.15) is 51.7 Å². The van der Waals surface area contributed by atoms with Crippen LogP contribution < -0.4 is 4.90 Å². The Hall–Kier alpha value is -6.84. The van der Waals surface area contributed by atoms with Gasteiger partial charge in [-0.15, -0.1) is 0 Å². The molecule has 0 bridgehead atoms. The summed E-state index contributed by atoms with van der Waals surface area (Å²) >= 11 is 0. The molecule has 1 aliphatic rings. The van der Waals surface area contributed by atoms with E-state index in [0.29, 0.717) is 0 Å². The van der Waals surface area contributed by atoms with E-state index in [2.05, 4.69) is 219 Å². The molecule has 1 aliphatic carbocycles. The molecule has 0 N–H and O–H groups in total. The van der Waals surface area contributed by atoms with E-state index < -0.39 is 0 Å². The molecule has 0 fully saturated rings. The number of anilines is 3. The van der Waals surface area contributed by atoms with Crippen molar-refractivity contribution < 1.29 is 4.42 Å². The molecule has 11 rings (SSSR count). The second-order valence-electron chi connectivity index (χ2n) is 17.6.